The maximum atomic E-state index is 10.8. The molecule has 0 spiro atoms. The van der Waals surface area contributed by atoms with Crippen LogP contribution in [0.3, 0.4) is 0 Å². The van der Waals surface area contributed by atoms with Crippen LogP contribution in [0.15, 0.2) is 0 Å². The molecule has 0 aromatic rings. The Morgan fingerprint density at radius 1 is 1.62 bits per heavy atom. The van der Waals surface area contributed by atoms with E-state index in [2.05, 4.69) is 0 Å². The van der Waals surface area contributed by atoms with Crippen LogP contribution in [0, 0.1) is 11.3 Å². The second kappa shape index (κ2) is 7.49. The molecule has 0 aliphatic rings. The molecule has 0 amide bonds. The summed E-state index contributed by atoms with van der Waals surface area (Å²) in [4.78, 5) is -1.09. The highest BCUT2D eigenvalue weighted by Gasteiger charge is 2.36. The number of nitrogens with zero attached hydrogens (tertiary/aromatic N) is 2. The van der Waals surface area contributed by atoms with Crippen molar-refractivity contribution < 1.29 is 8.76 Å². The van der Waals surface area contributed by atoms with E-state index in [1.807, 2.05) is 0 Å². The maximum Gasteiger partial charge on any atom is 0.194 e. The van der Waals surface area contributed by atoms with Gasteiger partial charge in [0.15, 0.2) is 3.67 Å². The Bertz CT molecular complexity index is 297. The van der Waals surface area contributed by atoms with E-state index in [1.165, 1.54) is 6.92 Å². The lowest BCUT2D eigenvalue weighted by atomic mass is 10.6. The molecular weight excluding hydrogens is 338 g/mol. The highest BCUT2D eigenvalue weighted by atomic mass is 35.5. The molecule has 0 aromatic carbocycles. The van der Waals surface area contributed by atoms with Crippen molar-refractivity contribution in [3.63, 3.8) is 0 Å². The smallest absolute Gasteiger partial charge is 0.194 e. The van der Waals surface area contributed by atoms with Gasteiger partial charge in [-0.3, -0.25) is 4.21 Å². The van der Waals surface area contributed by atoms with E-state index in [0.29, 0.717) is 0 Å². The van der Waals surface area contributed by atoms with Gasteiger partial charge in [0.1, 0.15) is 4.84 Å². The summed E-state index contributed by atoms with van der Waals surface area (Å²) >= 11 is 20.9. The van der Waals surface area contributed by atoms with Gasteiger partial charge in [-0.1, -0.05) is 23.2 Å². The zero-order valence-electron chi connectivity index (χ0n) is 7.90. The zero-order valence-corrected chi connectivity index (χ0v) is 12.6. The minimum absolute atomic E-state index is 0.302. The first kappa shape index (κ1) is 17.1. The lowest BCUT2D eigenvalue weighted by Crippen LogP contribution is -2.36. The van der Waals surface area contributed by atoms with Crippen molar-refractivity contribution in [3.8, 4) is 6.07 Å². The molecule has 0 aliphatic carbocycles. The predicted molar refractivity (Wildman–Crippen MR) is 68.2 cm³/mol. The first-order valence-electron chi connectivity index (χ1n) is 3.79. The highest BCUT2D eigenvalue weighted by molar-refractivity contribution is 8.04. The summed E-state index contributed by atoms with van der Waals surface area (Å²) < 4.78 is 20.9. The van der Waals surface area contributed by atoms with Crippen LogP contribution >= 0.6 is 58.2 Å². The standard InChI is InChI=1S/C6H8Cl4N2O2S2/c1-4(12(3-2-11)16(13)14)15-6(9,10)5(7)8/h4-5H,3H2,1H3,(H,13,14)/p-1. The third-order valence-corrected chi connectivity index (χ3v) is 5.84. The number of thioether (sulfide) groups is 1. The van der Waals surface area contributed by atoms with Crippen molar-refractivity contribution in [2.45, 2.75) is 20.8 Å². The van der Waals surface area contributed by atoms with Gasteiger partial charge in [-0.15, -0.1) is 35.0 Å². The minimum atomic E-state index is -2.54. The number of hydrogen-bond donors (Lipinski definition) is 0. The Balaban J connectivity index is 4.60. The molecule has 0 saturated heterocycles. The van der Waals surface area contributed by atoms with Crippen molar-refractivity contribution in [1.29, 1.82) is 5.26 Å². The van der Waals surface area contributed by atoms with Gasteiger partial charge in [-0.05, 0) is 6.92 Å². The molecule has 0 heterocycles. The predicted octanol–water partition coefficient (Wildman–Crippen LogP) is 2.62. The van der Waals surface area contributed by atoms with Gasteiger partial charge in [0.25, 0.3) is 0 Å². The van der Waals surface area contributed by atoms with Crippen molar-refractivity contribution in [2.24, 2.45) is 0 Å². The SMILES string of the molecule is CC(SC(Cl)(Cl)C(Cl)Cl)N(CC#N)S(=O)[O-]. The molecular formula is C6H7Cl4N2O2S2-. The molecule has 94 valence electrons. The average molecular weight is 345 g/mol. The molecule has 0 fully saturated rings. The van der Waals surface area contributed by atoms with Gasteiger partial charge in [0, 0.05) is 11.3 Å². The highest BCUT2D eigenvalue weighted by Crippen LogP contribution is 2.45. The number of halogens is 4. The van der Waals surface area contributed by atoms with Crippen molar-refractivity contribution in [1.82, 2.24) is 4.31 Å². The quantitative estimate of drug-likeness (QED) is 0.321. The van der Waals surface area contributed by atoms with Gasteiger partial charge in [0.2, 0.25) is 0 Å². The van der Waals surface area contributed by atoms with Crippen LogP contribution < -0.4 is 0 Å². The Morgan fingerprint density at radius 3 is 2.44 bits per heavy atom. The second-order valence-corrected chi connectivity index (χ2v) is 7.93. The van der Waals surface area contributed by atoms with Gasteiger partial charge in [0.05, 0.1) is 18.0 Å². The fraction of sp³-hybridized carbons (Fsp3) is 0.833. The molecule has 0 rings (SSSR count). The summed E-state index contributed by atoms with van der Waals surface area (Å²) in [6.07, 6.45) is 0. The van der Waals surface area contributed by atoms with Crippen molar-refractivity contribution in [2.75, 3.05) is 6.54 Å². The van der Waals surface area contributed by atoms with E-state index in [9.17, 15) is 8.76 Å². The van der Waals surface area contributed by atoms with E-state index in [1.54, 1.807) is 6.07 Å². The number of alkyl halides is 4. The van der Waals surface area contributed by atoms with E-state index in [4.69, 9.17) is 51.7 Å². The van der Waals surface area contributed by atoms with Gasteiger partial charge in [-0.25, -0.2) is 4.31 Å². The summed E-state index contributed by atoms with van der Waals surface area (Å²) in [6.45, 7) is 1.22. The summed E-state index contributed by atoms with van der Waals surface area (Å²) in [5, 5.41) is 7.79. The lowest BCUT2D eigenvalue weighted by molar-refractivity contribution is 0.410. The molecule has 16 heavy (non-hydrogen) atoms. The number of hydrogen-bond acceptors (Lipinski definition) is 4. The van der Waals surface area contributed by atoms with Gasteiger partial charge >= 0.3 is 0 Å². The van der Waals surface area contributed by atoms with Crippen LogP contribution in [0.4, 0.5) is 0 Å². The number of rotatable bonds is 6. The summed E-state index contributed by atoms with van der Waals surface area (Å²) in [7, 11) is 0. The normalized spacial score (nSPS) is 16.2. The van der Waals surface area contributed by atoms with E-state index < -0.39 is 25.1 Å². The summed E-state index contributed by atoms with van der Waals surface area (Å²) in [5.74, 6) is 0. The van der Waals surface area contributed by atoms with Crippen LogP contribution in [0.1, 0.15) is 6.92 Å². The zero-order chi connectivity index (χ0) is 12.9. The van der Waals surface area contributed by atoms with Crippen LogP contribution in [0.25, 0.3) is 0 Å². The molecule has 4 nitrogen and oxygen atoms in total. The molecule has 10 heteroatoms. The summed E-state index contributed by atoms with van der Waals surface area (Å²) in [5.41, 5.74) is 0. The van der Waals surface area contributed by atoms with E-state index >= 15 is 0 Å². The fourth-order valence-electron chi connectivity index (χ4n) is 0.710. The average Bonchev–Trinajstić information content (AvgIpc) is 2.12. The van der Waals surface area contributed by atoms with Crippen molar-refractivity contribution in [3.05, 3.63) is 0 Å². The topological polar surface area (TPSA) is 67.2 Å². The Labute approximate surface area is 121 Å². The minimum Gasteiger partial charge on any atom is -0.760 e. The van der Waals surface area contributed by atoms with Gasteiger partial charge < -0.3 is 4.55 Å². The Hall–Kier alpha value is 1.07. The molecule has 0 aromatic heterocycles. The molecule has 0 radical (unpaired) electrons. The monoisotopic (exact) mass is 343 g/mol. The summed E-state index contributed by atoms with van der Waals surface area (Å²) in [6, 6.07) is 1.71. The van der Waals surface area contributed by atoms with E-state index in [-0.39, 0.29) is 6.54 Å². The first-order chi connectivity index (χ1) is 7.22. The molecule has 2 atom stereocenters. The van der Waals surface area contributed by atoms with Crippen LogP contribution in [0.5, 0.6) is 0 Å². The Morgan fingerprint density at radius 2 is 2.12 bits per heavy atom. The Kier molecular flexibility index (Phi) is 7.99. The van der Waals surface area contributed by atoms with Crippen molar-refractivity contribution >= 4 is 69.4 Å². The molecule has 0 bridgehead atoms. The molecule has 0 N–H and O–H groups in total. The fourth-order valence-corrected chi connectivity index (χ4v) is 3.29. The molecule has 2 unspecified atom stereocenters. The van der Waals surface area contributed by atoms with Crippen LogP contribution in [-0.4, -0.2) is 33.5 Å². The van der Waals surface area contributed by atoms with Crippen LogP contribution in [0.2, 0.25) is 0 Å². The lowest BCUT2D eigenvalue weighted by Gasteiger charge is -2.31. The molecule has 0 aliphatic heterocycles. The molecule has 0 saturated carbocycles. The third kappa shape index (κ3) is 5.61. The van der Waals surface area contributed by atoms with Crippen LogP contribution in [-0.2, 0) is 11.3 Å². The van der Waals surface area contributed by atoms with Gasteiger partial charge in [-0.2, -0.15) is 5.26 Å². The maximum absolute atomic E-state index is 10.8. The third-order valence-electron chi connectivity index (χ3n) is 1.41. The number of nitriles is 1. The largest absolute Gasteiger partial charge is 0.760 e. The first-order valence-corrected chi connectivity index (χ1v) is 7.33. The van der Waals surface area contributed by atoms with E-state index in [0.717, 1.165) is 16.1 Å². The second-order valence-electron chi connectivity index (χ2n) is 2.53.